The molecule has 0 aromatic rings. The van der Waals surface area contributed by atoms with Crippen LogP contribution in [0.1, 0.15) is 39.5 Å². The Hall–Kier alpha value is -0.610. The summed E-state index contributed by atoms with van der Waals surface area (Å²) in [4.78, 5) is 13.9. The highest BCUT2D eigenvalue weighted by atomic mass is 16.3. The van der Waals surface area contributed by atoms with Gasteiger partial charge in [-0.05, 0) is 33.7 Å². The molecular weight excluding hydrogens is 204 g/mol. The highest BCUT2D eigenvalue weighted by Crippen LogP contribution is 2.23. The predicted octanol–water partition coefficient (Wildman–Crippen LogP) is 0.746. The van der Waals surface area contributed by atoms with Crippen LogP contribution in [0.25, 0.3) is 0 Å². The Morgan fingerprint density at radius 2 is 1.94 bits per heavy atom. The molecule has 16 heavy (non-hydrogen) atoms. The summed E-state index contributed by atoms with van der Waals surface area (Å²) in [5, 5.41) is 12.9. The second kappa shape index (κ2) is 5.15. The second-order valence-electron chi connectivity index (χ2n) is 5.21. The van der Waals surface area contributed by atoms with Crippen LogP contribution in [0.5, 0.6) is 0 Å². The highest BCUT2D eigenvalue weighted by molar-refractivity contribution is 5.85. The number of nitrogens with zero attached hydrogens (tertiary/aromatic N) is 1. The zero-order chi connectivity index (χ0) is 12.3. The third-order valence-corrected chi connectivity index (χ3v) is 3.67. The van der Waals surface area contributed by atoms with Crippen molar-refractivity contribution in [2.24, 2.45) is 0 Å². The van der Waals surface area contributed by atoms with E-state index >= 15 is 0 Å². The van der Waals surface area contributed by atoms with E-state index in [4.69, 9.17) is 0 Å². The van der Waals surface area contributed by atoms with E-state index in [1.807, 2.05) is 13.8 Å². The second-order valence-corrected chi connectivity index (χ2v) is 5.21. The number of aliphatic hydroxyl groups is 1. The molecule has 2 unspecified atom stereocenters. The van der Waals surface area contributed by atoms with Gasteiger partial charge in [-0.3, -0.25) is 4.79 Å². The SMILES string of the molecule is CNC(C)(C)C(=O)N(C)C1CCCCC1O. The summed E-state index contributed by atoms with van der Waals surface area (Å²) in [6.45, 7) is 3.72. The number of hydrogen-bond acceptors (Lipinski definition) is 3. The van der Waals surface area contributed by atoms with E-state index in [2.05, 4.69) is 5.32 Å². The maximum absolute atomic E-state index is 12.2. The zero-order valence-electron chi connectivity index (χ0n) is 10.8. The van der Waals surface area contributed by atoms with Crippen molar-refractivity contribution in [2.45, 2.75) is 57.2 Å². The first-order valence-corrected chi connectivity index (χ1v) is 6.04. The topological polar surface area (TPSA) is 52.6 Å². The first kappa shape index (κ1) is 13.5. The molecule has 94 valence electrons. The van der Waals surface area contributed by atoms with Gasteiger partial charge in [0.1, 0.15) is 0 Å². The summed E-state index contributed by atoms with van der Waals surface area (Å²) in [7, 11) is 3.57. The first-order chi connectivity index (χ1) is 7.40. The third kappa shape index (κ3) is 2.74. The molecule has 0 aromatic heterocycles. The van der Waals surface area contributed by atoms with Crippen LogP contribution < -0.4 is 5.32 Å². The molecule has 1 aliphatic carbocycles. The van der Waals surface area contributed by atoms with Crippen molar-refractivity contribution in [3.8, 4) is 0 Å². The molecule has 0 saturated heterocycles. The minimum atomic E-state index is -0.564. The van der Waals surface area contributed by atoms with Gasteiger partial charge >= 0.3 is 0 Å². The normalized spacial score (nSPS) is 26.6. The van der Waals surface area contributed by atoms with Gasteiger partial charge < -0.3 is 15.3 Å². The summed E-state index contributed by atoms with van der Waals surface area (Å²) in [6.07, 6.45) is 3.51. The van der Waals surface area contributed by atoms with E-state index < -0.39 is 5.54 Å². The summed E-state index contributed by atoms with van der Waals surface area (Å²) in [6, 6.07) is -0.0196. The van der Waals surface area contributed by atoms with E-state index in [9.17, 15) is 9.90 Å². The minimum Gasteiger partial charge on any atom is -0.391 e. The van der Waals surface area contributed by atoms with Gasteiger partial charge in [0.15, 0.2) is 0 Å². The Morgan fingerprint density at radius 1 is 1.38 bits per heavy atom. The maximum atomic E-state index is 12.2. The van der Waals surface area contributed by atoms with Crippen molar-refractivity contribution in [3.63, 3.8) is 0 Å². The standard InChI is InChI=1S/C12H24N2O2/c1-12(2,13-3)11(16)14(4)9-7-5-6-8-10(9)15/h9-10,13,15H,5-8H2,1-4H3. The number of carbonyl (C=O) groups is 1. The van der Waals surface area contributed by atoms with Gasteiger partial charge in [-0.1, -0.05) is 12.8 Å². The average molecular weight is 228 g/mol. The molecule has 0 aliphatic heterocycles. The molecule has 0 aromatic carbocycles. The summed E-state index contributed by atoms with van der Waals surface area (Å²) >= 11 is 0. The Labute approximate surface area is 98.0 Å². The lowest BCUT2D eigenvalue weighted by Gasteiger charge is -2.39. The summed E-state index contributed by atoms with van der Waals surface area (Å²) in [5.74, 6) is 0.0425. The summed E-state index contributed by atoms with van der Waals surface area (Å²) < 4.78 is 0. The van der Waals surface area contributed by atoms with Crippen LogP contribution >= 0.6 is 0 Å². The molecular formula is C12H24N2O2. The highest BCUT2D eigenvalue weighted by Gasteiger charge is 2.35. The van der Waals surface area contributed by atoms with E-state index in [0.29, 0.717) is 0 Å². The van der Waals surface area contributed by atoms with Crippen LogP contribution in [0.4, 0.5) is 0 Å². The predicted molar refractivity (Wildman–Crippen MR) is 64.2 cm³/mol. The average Bonchev–Trinajstić information content (AvgIpc) is 2.27. The molecule has 4 heteroatoms. The lowest BCUT2D eigenvalue weighted by Crippen LogP contribution is -2.57. The van der Waals surface area contributed by atoms with Crippen molar-refractivity contribution in [3.05, 3.63) is 0 Å². The Bertz CT molecular complexity index is 253. The van der Waals surface area contributed by atoms with Crippen molar-refractivity contribution in [1.82, 2.24) is 10.2 Å². The van der Waals surface area contributed by atoms with Crippen molar-refractivity contribution in [2.75, 3.05) is 14.1 Å². The van der Waals surface area contributed by atoms with Crippen LogP contribution in [0.15, 0.2) is 0 Å². The van der Waals surface area contributed by atoms with Crippen LogP contribution in [-0.2, 0) is 4.79 Å². The van der Waals surface area contributed by atoms with Gasteiger partial charge in [-0.25, -0.2) is 0 Å². The number of hydrogen-bond donors (Lipinski definition) is 2. The molecule has 1 rings (SSSR count). The van der Waals surface area contributed by atoms with Crippen molar-refractivity contribution >= 4 is 5.91 Å². The fourth-order valence-corrected chi connectivity index (χ4v) is 2.24. The van der Waals surface area contributed by atoms with Gasteiger partial charge in [0, 0.05) is 7.05 Å². The number of likely N-dealkylation sites (N-methyl/N-ethyl adjacent to an activating group) is 2. The van der Waals surface area contributed by atoms with Crippen LogP contribution in [0.3, 0.4) is 0 Å². The number of amides is 1. The molecule has 0 heterocycles. The molecule has 2 atom stereocenters. The molecule has 1 aliphatic rings. The molecule has 1 saturated carbocycles. The molecule has 1 amide bonds. The van der Waals surface area contributed by atoms with Crippen molar-refractivity contribution in [1.29, 1.82) is 0 Å². The lowest BCUT2D eigenvalue weighted by molar-refractivity contribution is -0.141. The van der Waals surface area contributed by atoms with E-state index in [1.165, 1.54) is 0 Å². The molecule has 0 spiro atoms. The number of aliphatic hydroxyl groups excluding tert-OH is 1. The quantitative estimate of drug-likeness (QED) is 0.749. The third-order valence-electron chi connectivity index (χ3n) is 3.67. The van der Waals surface area contributed by atoms with E-state index in [1.54, 1.807) is 19.0 Å². The van der Waals surface area contributed by atoms with Gasteiger partial charge in [0.25, 0.3) is 0 Å². The molecule has 2 N–H and O–H groups in total. The molecule has 0 bridgehead atoms. The van der Waals surface area contributed by atoms with Gasteiger partial charge in [-0.2, -0.15) is 0 Å². The number of nitrogens with one attached hydrogen (secondary N) is 1. The van der Waals surface area contributed by atoms with Crippen LogP contribution in [-0.4, -0.2) is 47.7 Å². The van der Waals surface area contributed by atoms with Gasteiger partial charge in [0.05, 0.1) is 17.7 Å². The Morgan fingerprint density at radius 3 is 2.44 bits per heavy atom. The fourth-order valence-electron chi connectivity index (χ4n) is 2.24. The maximum Gasteiger partial charge on any atom is 0.242 e. The monoisotopic (exact) mass is 228 g/mol. The molecule has 0 radical (unpaired) electrons. The summed E-state index contributed by atoms with van der Waals surface area (Å²) in [5.41, 5.74) is -0.564. The smallest absolute Gasteiger partial charge is 0.242 e. The molecule has 4 nitrogen and oxygen atoms in total. The molecule has 1 fully saturated rings. The van der Waals surface area contributed by atoms with Crippen molar-refractivity contribution < 1.29 is 9.90 Å². The van der Waals surface area contributed by atoms with Crippen LogP contribution in [0, 0.1) is 0 Å². The van der Waals surface area contributed by atoms with E-state index in [0.717, 1.165) is 25.7 Å². The zero-order valence-corrected chi connectivity index (χ0v) is 10.8. The number of carbonyl (C=O) groups excluding carboxylic acids is 1. The van der Waals surface area contributed by atoms with E-state index in [-0.39, 0.29) is 18.1 Å². The largest absolute Gasteiger partial charge is 0.391 e. The Kier molecular flexibility index (Phi) is 4.33. The minimum absolute atomic E-state index is 0.0196. The fraction of sp³-hybridized carbons (Fsp3) is 0.917. The van der Waals surface area contributed by atoms with Gasteiger partial charge in [-0.15, -0.1) is 0 Å². The lowest BCUT2D eigenvalue weighted by atomic mass is 9.90. The first-order valence-electron chi connectivity index (χ1n) is 6.04. The van der Waals surface area contributed by atoms with Crippen LogP contribution in [0.2, 0.25) is 0 Å². The van der Waals surface area contributed by atoms with Gasteiger partial charge in [0.2, 0.25) is 5.91 Å². The number of rotatable bonds is 3. The Balaban J connectivity index is 2.69.